The van der Waals surface area contributed by atoms with Crippen LogP contribution in [0.3, 0.4) is 0 Å². The molecule has 1 saturated heterocycles. The molecule has 100 valence electrons. The molecule has 0 aliphatic carbocycles. The molecule has 2 atom stereocenters. The van der Waals surface area contributed by atoms with E-state index in [0.717, 1.165) is 25.2 Å². The quantitative estimate of drug-likeness (QED) is 0.885. The summed E-state index contributed by atoms with van der Waals surface area (Å²) >= 11 is 0. The van der Waals surface area contributed by atoms with E-state index in [-0.39, 0.29) is 0 Å². The van der Waals surface area contributed by atoms with Gasteiger partial charge in [0, 0.05) is 31.4 Å². The average Bonchev–Trinajstić information content (AvgIpc) is 2.85. The van der Waals surface area contributed by atoms with Crippen LogP contribution in [-0.2, 0) is 7.05 Å². The lowest BCUT2D eigenvalue weighted by molar-refractivity contribution is 0.384. The van der Waals surface area contributed by atoms with Crippen molar-refractivity contribution < 1.29 is 0 Å². The van der Waals surface area contributed by atoms with Crippen molar-refractivity contribution in [2.45, 2.75) is 24.9 Å². The summed E-state index contributed by atoms with van der Waals surface area (Å²) in [6.45, 7) is 1.05. The van der Waals surface area contributed by atoms with E-state index in [1.54, 1.807) is 0 Å². The molecule has 1 aromatic carbocycles. The van der Waals surface area contributed by atoms with E-state index in [2.05, 4.69) is 46.1 Å². The Kier molecular flexibility index (Phi) is 3.51. The molecule has 0 unspecified atom stereocenters. The Labute approximate surface area is 113 Å². The van der Waals surface area contributed by atoms with Gasteiger partial charge in [-0.2, -0.15) is 5.10 Å². The molecular formula is C15H20N4. The van der Waals surface area contributed by atoms with Crippen LogP contribution in [0.25, 0.3) is 0 Å². The highest BCUT2D eigenvalue weighted by atomic mass is 15.3. The smallest absolute Gasteiger partial charge is 0.148 e. The van der Waals surface area contributed by atoms with Crippen LogP contribution in [0, 0.1) is 0 Å². The van der Waals surface area contributed by atoms with Crippen LogP contribution in [0.2, 0.25) is 0 Å². The molecule has 0 saturated carbocycles. The summed E-state index contributed by atoms with van der Waals surface area (Å²) in [7, 11) is 1.94. The number of aryl methyl sites for hydroxylation is 1. The van der Waals surface area contributed by atoms with Gasteiger partial charge in [0.05, 0.1) is 0 Å². The van der Waals surface area contributed by atoms with Crippen LogP contribution in [0.1, 0.15) is 24.4 Å². The molecule has 1 aliphatic rings. The number of rotatable bonds is 3. The summed E-state index contributed by atoms with van der Waals surface area (Å²) in [6, 6.07) is 13.6. The Hall–Kier alpha value is -1.81. The third-order valence-electron chi connectivity index (χ3n) is 3.67. The molecular weight excluding hydrogens is 236 g/mol. The van der Waals surface area contributed by atoms with Gasteiger partial charge in [-0.15, -0.1) is 0 Å². The highest BCUT2D eigenvalue weighted by Gasteiger charge is 2.22. The summed E-state index contributed by atoms with van der Waals surface area (Å²) in [5.74, 6) is 0.973. The first-order valence-corrected chi connectivity index (χ1v) is 6.86. The maximum Gasteiger partial charge on any atom is 0.148 e. The Bertz CT molecular complexity index is 520. The standard InChI is InChI=1S/C15H20N4/c1-19-10-8-15(18-19)17-13-7-9-16-14(11-13)12-5-3-2-4-6-12/h2-6,8,10,13-14,16H,7,9,11H2,1H3,(H,17,18)/t13-,14+/m1/s1. The number of benzene rings is 1. The van der Waals surface area contributed by atoms with Crippen LogP contribution in [0.15, 0.2) is 42.6 Å². The Morgan fingerprint density at radius 2 is 2.11 bits per heavy atom. The maximum absolute atomic E-state index is 4.39. The van der Waals surface area contributed by atoms with Crippen molar-refractivity contribution in [1.29, 1.82) is 0 Å². The van der Waals surface area contributed by atoms with Crippen molar-refractivity contribution in [3.8, 4) is 0 Å². The van der Waals surface area contributed by atoms with Gasteiger partial charge in [0.1, 0.15) is 5.82 Å². The second kappa shape index (κ2) is 5.45. The first-order valence-electron chi connectivity index (χ1n) is 6.86. The lowest BCUT2D eigenvalue weighted by atomic mass is 9.94. The van der Waals surface area contributed by atoms with E-state index in [1.807, 2.05) is 24.0 Å². The largest absolute Gasteiger partial charge is 0.366 e. The second-order valence-corrected chi connectivity index (χ2v) is 5.16. The minimum absolute atomic E-state index is 0.441. The molecule has 4 nitrogen and oxygen atoms in total. The molecule has 0 amide bonds. The van der Waals surface area contributed by atoms with E-state index < -0.39 is 0 Å². The molecule has 1 aromatic heterocycles. The van der Waals surface area contributed by atoms with Crippen molar-refractivity contribution in [1.82, 2.24) is 15.1 Å². The van der Waals surface area contributed by atoms with Gasteiger partial charge < -0.3 is 10.6 Å². The normalized spacial score (nSPS) is 23.2. The topological polar surface area (TPSA) is 41.9 Å². The number of hydrogen-bond acceptors (Lipinski definition) is 3. The Balaban J connectivity index is 1.65. The van der Waals surface area contributed by atoms with Gasteiger partial charge in [-0.05, 0) is 24.9 Å². The van der Waals surface area contributed by atoms with Crippen molar-refractivity contribution in [3.63, 3.8) is 0 Å². The monoisotopic (exact) mass is 256 g/mol. The summed E-state index contributed by atoms with van der Waals surface area (Å²) in [4.78, 5) is 0. The van der Waals surface area contributed by atoms with Gasteiger partial charge in [0.15, 0.2) is 0 Å². The molecule has 0 spiro atoms. The first-order chi connectivity index (χ1) is 9.31. The van der Waals surface area contributed by atoms with Crippen LogP contribution in [-0.4, -0.2) is 22.4 Å². The van der Waals surface area contributed by atoms with Gasteiger partial charge in [0.25, 0.3) is 0 Å². The van der Waals surface area contributed by atoms with E-state index >= 15 is 0 Å². The lowest BCUT2D eigenvalue weighted by Gasteiger charge is -2.31. The fraction of sp³-hybridized carbons (Fsp3) is 0.400. The lowest BCUT2D eigenvalue weighted by Crippen LogP contribution is -2.38. The number of piperidine rings is 1. The number of hydrogen-bond donors (Lipinski definition) is 2. The molecule has 19 heavy (non-hydrogen) atoms. The molecule has 2 N–H and O–H groups in total. The molecule has 4 heteroatoms. The number of nitrogens with one attached hydrogen (secondary N) is 2. The van der Waals surface area contributed by atoms with Gasteiger partial charge in [0.2, 0.25) is 0 Å². The Morgan fingerprint density at radius 3 is 2.84 bits per heavy atom. The SMILES string of the molecule is Cn1ccc(N[C@@H]2CCN[C@H](c3ccccc3)C2)n1. The predicted molar refractivity (Wildman–Crippen MR) is 77.0 cm³/mol. The molecule has 3 rings (SSSR count). The minimum Gasteiger partial charge on any atom is -0.366 e. The van der Waals surface area contributed by atoms with E-state index in [1.165, 1.54) is 5.56 Å². The van der Waals surface area contributed by atoms with E-state index in [0.29, 0.717) is 12.1 Å². The summed E-state index contributed by atoms with van der Waals surface area (Å²) in [5, 5.41) is 11.5. The first kappa shape index (κ1) is 12.2. The second-order valence-electron chi connectivity index (χ2n) is 5.16. The van der Waals surface area contributed by atoms with Crippen molar-refractivity contribution in [3.05, 3.63) is 48.2 Å². The van der Waals surface area contributed by atoms with Crippen molar-refractivity contribution in [2.24, 2.45) is 7.05 Å². The zero-order valence-corrected chi connectivity index (χ0v) is 11.2. The third-order valence-corrected chi connectivity index (χ3v) is 3.67. The molecule has 1 aliphatic heterocycles. The van der Waals surface area contributed by atoms with E-state index in [9.17, 15) is 0 Å². The average molecular weight is 256 g/mol. The van der Waals surface area contributed by atoms with Gasteiger partial charge in [-0.1, -0.05) is 30.3 Å². The van der Waals surface area contributed by atoms with Crippen LogP contribution in [0.5, 0.6) is 0 Å². The zero-order valence-electron chi connectivity index (χ0n) is 11.2. The summed E-state index contributed by atoms with van der Waals surface area (Å²) in [5.41, 5.74) is 1.37. The molecule has 0 radical (unpaired) electrons. The van der Waals surface area contributed by atoms with E-state index in [4.69, 9.17) is 0 Å². The maximum atomic E-state index is 4.39. The molecule has 1 fully saturated rings. The number of aromatic nitrogens is 2. The zero-order chi connectivity index (χ0) is 13.1. The van der Waals surface area contributed by atoms with Crippen molar-refractivity contribution in [2.75, 3.05) is 11.9 Å². The number of anilines is 1. The minimum atomic E-state index is 0.441. The summed E-state index contributed by atoms with van der Waals surface area (Å²) in [6.07, 6.45) is 4.21. The van der Waals surface area contributed by atoms with Crippen molar-refractivity contribution >= 4 is 5.82 Å². The van der Waals surface area contributed by atoms with Gasteiger partial charge >= 0.3 is 0 Å². The third kappa shape index (κ3) is 2.96. The van der Waals surface area contributed by atoms with Crippen LogP contribution < -0.4 is 10.6 Å². The van der Waals surface area contributed by atoms with Crippen LogP contribution in [0.4, 0.5) is 5.82 Å². The fourth-order valence-electron chi connectivity index (χ4n) is 2.69. The van der Waals surface area contributed by atoms with Gasteiger partial charge in [-0.25, -0.2) is 0 Å². The van der Waals surface area contributed by atoms with Crippen LogP contribution >= 0.6 is 0 Å². The van der Waals surface area contributed by atoms with Gasteiger partial charge in [-0.3, -0.25) is 4.68 Å². The fourth-order valence-corrected chi connectivity index (χ4v) is 2.69. The molecule has 2 aromatic rings. The summed E-state index contributed by atoms with van der Waals surface area (Å²) < 4.78 is 1.83. The highest BCUT2D eigenvalue weighted by Crippen LogP contribution is 2.24. The molecule has 2 heterocycles. The number of nitrogens with zero attached hydrogens (tertiary/aromatic N) is 2. The predicted octanol–water partition coefficient (Wildman–Crippen LogP) is 2.33. The highest BCUT2D eigenvalue weighted by molar-refractivity contribution is 5.34. The molecule has 0 bridgehead atoms. The Morgan fingerprint density at radius 1 is 1.26 bits per heavy atom.